The first-order valence-electron chi connectivity index (χ1n) is 8.87. The minimum Gasteiger partial charge on any atom is -0.490 e. The van der Waals surface area contributed by atoms with Crippen LogP contribution < -0.4 is 10.1 Å². The van der Waals surface area contributed by atoms with Gasteiger partial charge in [0, 0.05) is 32.5 Å². The molecule has 0 radical (unpaired) electrons. The molecule has 0 bridgehead atoms. The summed E-state index contributed by atoms with van der Waals surface area (Å²) >= 11 is 0. The van der Waals surface area contributed by atoms with E-state index in [1.54, 1.807) is 0 Å². The lowest BCUT2D eigenvalue weighted by Gasteiger charge is -2.35. The number of piperidine rings is 2. The van der Waals surface area contributed by atoms with Gasteiger partial charge in [-0.05, 0) is 50.4 Å². The van der Waals surface area contributed by atoms with Crippen LogP contribution in [-0.2, 0) is 4.79 Å². The van der Waals surface area contributed by atoms with Crippen LogP contribution >= 0.6 is 12.4 Å². The molecule has 0 spiro atoms. The van der Waals surface area contributed by atoms with Crippen molar-refractivity contribution in [2.24, 2.45) is 5.92 Å². The topological polar surface area (TPSA) is 41.6 Å². The normalized spacial score (nSPS) is 21.9. The number of carbonyl (C=O) groups excluding carboxylic acids is 1. The second-order valence-electron chi connectivity index (χ2n) is 6.95. The van der Waals surface area contributed by atoms with E-state index in [1.807, 2.05) is 4.90 Å². The van der Waals surface area contributed by atoms with Crippen LogP contribution in [0, 0.1) is 19.8 Å². The average molecular weight is 353 g/mol. The van der Waals surface area contributed by atoms with E-state index in [2.05, 4.69) is 37.4 Å². The van der Waals surface area contributed by atoms with Crippen molar-refractivity contribution in [2.45, 2.75) is 45.6 Å². The van der Waals surface area contributed by atoms with E-state index in [4.69, 9.17) is 4.74 Å². The fourth-order valence-electron chi connectivity index (χ4n) is 3.53. The summed E-state index contributed by atoms with van der Waals surface area (Å²) in [5.41, 5.74) is 2.41. The summed E-state index contributed by atoms with van der Waals surface area (Å²) in [6.07, 6.45) is 4.23. The molecule has 2 aliphatic rings. The van der Waals surface area contributed by atoms with Gasteiger partial charge in [-0.2, -0.15) is 0 Å². The predicted molar refractivity (Wildman–Crippen MR) is 99.0 cm³/mol. The van der Waals surface area contributed by atoms with Crippen LogP contribution in [-0.4, -0.2) is 43.1 Å². The van der Waals surface area contributed by atoms with E-state index >= 15 is 0 Å². The third-order valence-electron chi connectivity index (χ3n) is 5.04. The molecule has 24 heavy (non-hydrogen) atoms. The molecule has 2 aliphatic heterocycles. The van der Waals surface area contributed by atoms with Gasteiger partial charge in [0.2, 0.25) is 5.91 Å². The van der Waals surface area contributed by atoms with Crippen molar-refractivity contribution in [3.63, 3.8) is 0 Å². The number of hydrogen-bond acceptors (Lipinski definition) is 3. The number of benzene rings is 1. The van der Waals surface area contributed by atoms with Crippen LogP contribution in [0.15, 0.2) is 18.2 Å². The second kappa shape index (κ2) is 8.72. The van der Waals surface area contributed by atoms with Crippen LogP contribution in [0.4, 0.5) is 0 Å². The minimum absolute atomic E-state index is 0. The van der Waals surface area contributed by atoms with Gasteiger partial charge in [0.05, 0.1) is 5.92 Å². The number of carbonyl (C=O) groups is 1. The Morgan fingerprint density at radius 1 is 1.21 bits per heavy atom. The summed E-state index contributed by atoms with van der Waals surface area (Å²) in [6.45, 7) is 7.72. The molecule has 1 aromatic rings. The lowest BCUT2D eigenvalue weighted by molar-refractivity contribution is -0.137. The van der Waals surface area contributed by atoms with Crippen LogP contribution in [0.5, 0.6) is 5.75 Å². The van der Waals surface area contributed by atoms with E-state index in [-0.39, 0.29) is 24.4 Å². The highest BCUT2D eigenvalue weighted by atomic mass is 35.5. The van der Waals surface area contributed by atoms with Crippen molar-refractivity contribution in [1.82, 2.24) is 10.2 Å². The molecule has 5 heteroatoms. The standard InChI is InChI=1S/C19H28N2O2.ClH/c1-14-5-6-15(2)18(12-14)23-17-7-10-21(11-8-17)19(22)16-4-3-9-20-13-16;/h5-6,12,16-17,20H,3-4,7-11,13H2,1-2H3;1H. The van der Waals surface area contributed by atoms with Crippen LogP contribution in [0.3, 0.4) is 0 Å². The monoisotopic (exact) mass is 352 g/mol. The molecule has 134 valence electrons. The van der Waals surface area contributed by atoms with E-state index in [0.717, 1.165) is 57.6 Å². The summed E-state index contributed by atoms with van der Waals surface area (Å²) in [7, 11) is 0. The first-order chi connectivity index (χ1) is 11.1. The molecular weight excluding hydrogens is 324 g/mol. The number of nitrogens with one attached hydrogen (secondary N) is 1. The first kappa shape index (κ1) is 19.1. The summed E-state index contributed by atoms with van der Waals surface area (Å²) in [4.78, 5) is 14.6. The first-order valence-corrected chi connectivity index (χ1v) is 8.87. The zero-order valence-corrected chi connectivity index (χ0v) is 15.5. The molecule has 2 saturated heterocycles. The lowest BCUT2D eigenvalue weighted by Crippen LogP contribution is -2.47. The maximum atomic E-state index is 12.6. The van der Waals surface area contributed by atoms with Gasteiger partial charge in [0.1, 0.15) is 11.9 Å². The Morgan fingerprint density at radius 3 is 2.62 bits per heavy atom. The Hall–Kier alpha value is -1.26. The number of likely N-dealkylation sites (tertiary alicyclic amines) is 1. The number of rotatable bonds is 3. The van der Waals surface area contributed by atoms with Crippen molar-refractivity contribution in [1.29, 1.82) is 0 Å². The molecule has 1 aromatic carbocycles. The number of ether oxygens (including phenoxy) is 1. The van der Waals surface area contributed by atoms with Crippen molar-refractivity contribution in [3.05, 3.63) is 29.3 Å². The number of nitrogens with zero attached hydrogens (tertiary/aromatic N) is 1. The number of amides is 1. The molecule has 2 fully saturated rings. The Bertz CT molecular complexity index is 550. The second-order valence-corrected chi connectivity index (χ2v) is 6.95. The highest BCUT2D eigenvalue weighted by Gasteiger charge is 2.29. The lowest BCUT2D eigenvalue weighted by atomic mass is 9.96. The third-order valence-corrected chi connectivity index (χ3v) is 5.04. The molecule has 1 N–H and O–H groups in total. The van der Waals surface area contributed by atoms with Gasteiger partial charge in [-0.3, -0.25) is 4.79 Å². The Labute approximate surface area is 151 Å². The SMILES string of the molecule is Cc1ccc(C)c(OC2CCN(C(=O)C3CCCNC3)CC2)c1.Cl. The zero-order chi connectivity index (χ0) is 16.2. The number of aryl methyl sites for hydroxylation is 2. The van der Waals surface area contributed by atoms with Crippen molar-refractivity contribution >= 4 is 18.3 Å². The molecule has 2 heterocycles. The average Bonchev–Trinajstić information content (AvgIpc) is 2.59. The van der Waals surface area contributed by atoms with E-state index < -0.39 is 0 Å². The van der Waals surface area contributed by atoms with Gasteiger partial charge >= 0.3 is 0 Å². The Morgan fingerprint density at radius 2 is 1.96 bits per heavy atom. The van der Waals surface area contributed by atoms with Gasteiger partial charge in [-0.25, -0.2) is 0 Å². The molecule has 1 atom stereocenters. The fraction of sp³-hybridized carbons (Fsp3) is 0.632. The Balaban J connectivity index is 0.00000208. The summed E-state index contributed by atoms with van der Waals surface area (Å²) in [5, 5.41) is 3.34. The number of halogens is 1. The maximum absolute atomic E-state index is 12.6. The molecule has 0 aliphatic carbocycles. The fourth-order valence-corrected chi connectivity index (χ4v) is 3.53. The van der Waals surface area contributed by atoms with Gasteiger partial charge in [0.15, 0.2) is 0 Å². The van der Waals surface area contributed by atoms with Crippen LogP contribution in [0.2, 0.25) is 0 Å². The van der Waals surface area contributed by atoms with Crippen molar-refractivity contribution in [3.8, 4) is 5.75 Å². The van der Waals surface area contributed by atoms with Gasteiger partial charge in [-0.15, -0.1) is 12.4 Å². The van der Waals surface area contributed by atoms with E-state index in [0.29, 0.717) is 5.91 Å². The zero-order valence-electron chi connectivity index (χ0n) is 14.7. The molecule has 1 amide bonds. The summed E-state index contributed by atoms with van der Waals surface area (Å²) in [6, 6.07) is 6.33. The largest absolute Gasteiger partial charge is 0.490 e. The minimum atomic E-state index is 0. The van der Waals surface area contributed by atoms with E-state index in [1.165, 1.54) is 11.1 Å². The molecule has 3 rings (SSSR count). The highest BCUT2D eigenvalue weighted by Crippen LogP contribution is 2.25. The van der Waals surface area contributed by atoms with Gasteiger partial charge in [0.25, 0.3) is 0 Å². The van der Waals surface area contributed by atoms with Crippen LogP contribution in [0.25, 0.3) is 0 Å². The highest BCUT2D eigenvalue weighted by molar-refractivity contribution is 5.85. The quantitative estimate of drug-likeness (QED) is 0.908. The predicted octanol–water partition coefficient (Wildman–Crippen LogP) is 3.09. The van der Waals surface area contributed by atoms with Crippen molar-refractivity contribution < 1.29 is 9.53 Å². The molecular formula is C19H29ClN2O2. The summed E-state index contributed by atoms with van der Waals surface area (Å²) in [5.74, 6) is 1.51. The Kier molecular flexibility index (Phi) is 6.93. The molecule has 0 saturated carbocycles. The van der Waals surface area contributed by atoms with Crippen molar-refractivity contribution in [2.75, 3.05) is 26.2 Å². The van der Waals surface area contributed by atoms with E-state index in [9.17, 15) is 4.79 Å². The summed E-state index contributed by atoms with van der Waals surface area (Å²) < 4.78 is 6.19. The van der Waals surface area contributed by atoms with Gasteiger partial charge in [-0.1, -0.05) is 12.1 Å². The smallest absolute Gasteiger partial charge is 0.226 e. The van der Waals surface area contributed by atoms with Gasteiger partial charge < -0.3 is 15.0 Å². The molecule has 0 aromatic heterocycles. The number of hydrogen-bond donors (Lipinski definition) is 1. The van der Waals surface area contributed by atoms with Crippen LogP contribution in [0.1, 0.15) is 36.8 Å². The molecule has 1 unspecified atom stereocenters. The molecule has 4 nitrogen and oxygen atoms in total. The third kappa shape index (κ3) is 4.64. The maximum Gasteiger partial charge on any atom is 0.226 e.